The summed E-state index contributed by atoms with van der Waals surface area (Å²) in [6.45, 7) is 6.29. The van der Waals surface area contributed by atoms with Crippen molar-refractivity contribution in [3.8, 4) is 0 Å². The molecule has 8 nitrogen and oxygen atoms in total. The van der Waals surface area contributed by atoms with Crippen LogP contribution in [0.2, 0.25) is 0 Å². The fraction of sp³-hybridized carbons (Fsp3) is 0.772. The molecule has 2 atom stereocenters. The molecule has 0 saturated carbocycles. The van der Waals surface area contributed by atoms with Gasteiger partial charge in [0, 0.05) is 18.9 Å². The zero-order valence-corrected chi connectivity index (χ0v) is 42.3. The number of hydrogen-bond acceptors (Lipinski definition) is 8. The van der Waals surface area contributed by atoms with Crippen LogP contribution in [0, 0.1) is 0 Å². The molecule has 0 aliphatic carbocycles. The van der Waals surface area contributed by atoms with Crippen LogP contribution in [0.5, 0.6) is 0 Å². The molecule has 0 aliphatic rings. The number of allylic oxidation sites excluding steroid dienone is 9. The Hall–Kier alpha value is -2.97. The molecule has 0 heterocycles. The van der Waals surface area contributed by atoms with Gasteiger partial charge >= 0.3 is 17.9 Å². The van der Waals surface area contributed by atoms with Gasteiger partial charge in [0.1, 0.15) is 13.2 Å². The van der Waals surface area contributed by atoms with Gasteiger partial charge in [-0.3, -0.25) is 14.8 Å². The van der Waals surface area contributed by atoms with Crippen molar-refractivity contribution in [3.63, 3.8) is 0 Å². The Kier molecular flexibility index (Phi) is 49.6. The minimum Gasteiger partial charge on any atom is -0.462 e. The molecule has 0 radical (unpaired) electrons. The van der Waals surface area contributed by atoms with Crippen molar-refractivity contribution in [2.75, 3.05) is 13.2 Å². The molecule has 0 rings (SSSR count). The lowest BCUT2D eigenvalue weighted by atomic mass is 10.0. The zero-order valence-electron chi connectivity index (χ0n) is 42.3. The lowest BCUT2D eigenvalue weighted by molar-refractivity contribution is -0.281. The van der Waals surface area contributed by atoms with Crippen molar-refractivity contribution >= 4 is 17.9 Å². The van der Waals surface area contributed by atoms with Crippen LogP contribution in [0.1, 0.15) is 258 Å². The van der Waals surface area contributed by atoms with E-state index >= 15 is 0 Å². The highest BCUT2D eigenvalue weighted by molar-refractivity contribution is 5.82. The molecule has 0 fully saturated rings. The van der Waals surface area contributed by atoms with Crippen LogP contribution in [0.4, 0.5) is 0 Å². The average molecular weight is 913 g/mol. The summed E-state index contributed by atoms with van der Waals surface area (Å²) in [5.41, 5.74) is 0. The van der Waals surface area contributed by atoms with Crippen LogP contribution in [-0.4, -0.2) is 48.6 Å². The van der Waals surface area contributed by atoms with E-state index in [1.165, 1.54) is 122 Å². The quantitative estimate of drug-likeness (QED) is 0.00940. The molecular weight excluding hydrogens is 813 g/mol. The van der Waals surface area contributed by atoms with Crippen LogP contribution in [0.3, 0.4) is 0 Å². The van der Waals surface area contributed by atoms with Gasteiger partial charge in [-0.25, -0.2) is 9.68 Å². The van der Waals surface area contributed by atoms with Gasteiger partial charge < -0.3 is 14.2 Å². The number of unbranched alkanes of at least 4 members (excludes halogenated alkanes) is 27. The number of carbonyl (C=O) groups excluding carboxylic acids is 3. The monoisotopic (exact) mass is 913 g/mol. The SMILES string of the molecule is CCCCCCCC/C=C\CCCCCCCC(=O)OCC(COC(=O)C=CC=CC=CCCCCCCCC(CCC)OO)OC(=O)CCCCCCC/C=C\CCCCCCCC. The molecule has 1 N–H and O–H groups in total. The van der Waals surface area contributed by atoms with Crippen molar-refractivity contribution in [2.24, 2.45) is 0 Å². The largest absolute Gasteiger partial charge is 0.462 e. The molecule has 2 unspecified atom stereocenters. The predicted octanol–water partition coefficient (Wildman–Crippen LogP) is 17.1. The topological polar surface area (TPSA) is 108 Å². The molecule has 0 spiro atoms. The molecule has 65 heavy (non-hydrogen) atoms. The Morgan fingerprint density at radius 1 is 0.400 bits per heavy atom. The predicted molar refractivity (Wildman–Crippen MR) is 273 cm³/mol. The van der Waals surface area contributed by atoms with Gasteiger partial charge in [-0.15, -0.1) is 0 Å². The third-order valence-corrected chi connectivity index (χ3v) is 11.8. The van der Waals surface area contributed by atoms with Crippen LogP contribution in [0.25, 0.3) is 0 Å². The number of rotatable bonds is 49. The van der Waals surface area contributed by atoms with E-state index < -0.39 is 12.1 Å². The van der Waals surface area contributed by atoms with Gasteiger partial charge in [-0.1, -0.05) is 210 Å². The minimum atomic E-state index is -0.855. The fourth-order valence-corrected chi connectivity index (χ4v) is 7.70. The molecule has 0 amide bonds. The van der Waals surface area contributed by atoms with E-state index in [0.717, 1.165) is 109 Å². The summed E-state index contributed by atoms with van der Waals surface area (Å²) in [5, 5.41) is 8.95. The van der Waals surface area contributed by atoms with Crippen LogP contribution in [-0.2, 0) is 33.5 Å². The first kappa shape index (κ1) is 62.0. The Morgan fingerprint density at radius 2 is 0.815 bits per heavy atom. The van der Waals surface area contributed by atoms with E-state index in [-0.39, 0.29) is 37.7 Å². The maximum Gasteiger partial charge on any atom is 0.330 e. The lowest BCUT2D eigenvalue weighted by Crippen LogP contribution is -2.30. The van der Waals surface area contributed by atoms with E-state index in [1.54, 1.807) is 12.2 Å². The number of carbonyl (C=O) groups is 3. The molecular formula is C57H100O8. The fourth-order valence-electron chi connectivity index (χ4n) is 7.70. The molecule has 376 valence electrons. The molecule has 0 aromatic rings. The second-order valence-corrected chi connectivity index (χ2v) is 18.1. The van der Waals surface area contributed by atoms with E-state index in [1.807, 2.05) is 12.2 Å². The number of ether oxygens (including phenoxy) is 3. The van der Waals surface area contributed by atoms with Crippen molar-refractivity contribution < 1.29 is 38.7 Å². The highest BCUT2D eigenvalue weighted by atomic mass is 17.1. The van der Waals surface area contributed by atoms with Crippen molar-refractivity contribution in [3.05, 3.63) is 60.8 Å². The zero-order chi connectivity index (χ0) is 47.4. The second kappa shape index (κ2) is 52.0. The van der Waals surface area contributed by atoms with Crippen molar-refractivity contribution in [1.82, 2.24) is 0 Å². The standard InChI is InChI=1S/C57H100O8/c1-4-7-9-11-13-15-17-19-21-23-27-31-35-39-43-48-55(58)62-51-54(64-57(60)50-45-41-37-33-28-24-22-20-18-16-14-12-10-8-5-2)52-63-56(59)49-44-40-36-32-29-25-26-30-34-38-42-47-53(65-61)46-6-3/h19-22,29,32,36,40,44,49,53-54,61H,4-18,23-28,30-31,33-35,37-39,41-43,45-48,50-52H2,1-3H3/b21-19-,22-20-,32-29?,40-36?,49-44?. The summed E-state index contributed by atoms with van der Waals surface area (Å²) >= 11 is 0. The van der Waals surface area contributed by atoms with Gasteiger partial charge in [0.2, 0.25) is 0 Å². The first-order valence-corrected chi connectivity index (χ1v) is 27.1. The first-order valence-electron chi connectivity index (χ1n) is 27.1. The third-order valence-electron chi connectivity index (χ3n) is 11.8. The molecule has 0 aromatic carbocycles. The van der Waals surface area contributed by atoms with Gasteiger partial charge in [-0.2, -0.15) is 0 Å². The summed E-state index contributed by atoms with van der Waals surface area (Å²) in [6.07, 6.45) is 60.1. The van der Waals surface area contributed by atoms with Gasteiger partial charge in [0.25, 0.3) is 0 Å². The third kappa shape index (κ3) is 48.8. The number of hydrogen-bond donors (Lipinski definition) is 1. The maximum atomic E-state index is 12.8. The highest BCUT2D eigenvalue weighted by Gasteiger charge is 2.19. The average Bonchev–Trinajstić information content (AvgIpc) is 3.30. The van der Waals surface area contributed by atoms with Crippen molar-refractivity contribution in [1.29, 1.82) is 0 Å². The molecule has 0 aromatic heterocycles. The second-order valence-electron chi connectivity index (χ2n) is 18.1. The Bertz CT molecular complexity index is 1200. The molecule has 0 saturated heterocycles. The smallest absolute Gasteiger partial charge is 0.330 e. The Labute approximate surface area is 399 Å². The summed E-state index contributed by atoms with van der Waals surface area (Å²) < 4.78 is 16.6. The van der Waals surface area contributed by atoms with Crippen LogP contribution < -0.4 is 0 Å². The Morgan fingerprint density at radius 3 is 1.31 bits per heavy atom. The maximum absolute atomic E-state index is 12.8. The van der Waals surface area contributed by atoms with E-state index in [4.69, 9.17) is 19.5 Å². The van der Waals surface area contributed by atoms with Crippen LogP contribution >= 0.6 is 0 Å². The summed E-state index contributed by atoms with van der Waals surface area (Å²) in [4.78, 5) is 42.4. The van der Waals surface area contributed by atoms with Gasteiger partial charge in [0.15, 0.2) is 6.10 Å². The summed E-state index contributed by atoms with van der Waals surface area (Å²) in [5.74, 6) is -1.24. The normalized spacial score (nSPS) is 13.0. The van der Waals surface area contributed by atoms with Gasteiger partial charge in [-0.05, 0) is 89.9 Å². The molecule has 0 aliphatic heterocycles. The van der Waals surface area contributed by atoms with Gasteiger partial charge in [0.05, 0.1) is 6.10 Å². The number of esters is 3. The minimum absolute atomic E-state index is 0.0299. The summed E-state index contributed by atoms with van der Waals surface area (Å²) in [6, 6.07) is 0. The Balaban J connectivity index is 4.55. The van der Waals surface area contributed by atoms with Crippen molar-refractivity contribution in [2.45, 2.75) is 271 Å². The highest BCUT2D eigenvalue weighted by Crippen LogP contribution is 2.15. The summed E-state index contributed by atoms with van der Waals surface area (Å²) in [7, 11) is 0. The lowest BCUT2D eigenvalue weighted by Gasteiger charge is -2.18. The van der Waals surface area contributed by atoms with E-state index in [0.29, 0.717) is 6.42 Å². The molecule has 8 heteroatoms. The van der Waals surface area contributed by atoms with Crippen LogP contribution in [0.15, 0.2) is 60.8 Å². The van der Waals surface area contributed by atoms with E-state index in [9.17, 15) is 14.4 Å². The van der Waals surface area contributed by atoms with E-state index in [2.05, 4.69) is 56.0 Å². The first-order chi connectivity index (χ1) is 32.0. The molecule has 0 bridgehead atoms.